The van der Waals surface area contributed by atoms with Crippen LogP contribution in [-0.2, 0) is 10.0 Å². The molecule has 1 unspecified atom stereocenters. The number of nitrogens with zero attached hydrogens (tertiary/aromatic N) is 1. The lowest BCUT2D eigenvalue weighted by molar-refractivity contribution is 0.243. The van der Waals surface area contributed by atoms with E-state index in [2.05, 4.69) is 0 Å². The molecule has 108 valence electrons. The lowest BCUT2D eigenvalue weighted by Crippen LogP contribution is -2.44. The van der Waals surface area contributed by atoms with Crippen LogP contribution in [0.2, 0.25) is 0 Å². The van der Waals surface area contributed by atoms with Gasteiger partial charge in [0, 0.05) is 22.3 Å². The number of aryl methyl sites for hydroxylation is 2. The summed E-state index contributed by atoms with van der Waals surface area (Å²) in [6.07, 6.45) is 3.72. The molecule has 1 aromatic rings. The smallest absolute Gasteiger partial charge is 0.244 e. The molecule has 0 aromatic carbocycles. The van der Waals surface area contributed by atoms with Crippen molar-refractivity contribution in [2.24, 2.45) is 5.73 Å². The summed E-state index contributed by atoms with van der Waals surface area (Å²) in [4.78, 5) is 2.41. The Kier molecular flexibility index (Phi) is 4.66. The zero-order valence-corrected chi connectivity index (χ0v) is 13.2. The molecule has 1 atom stereocenters. The van der Waals surface area contributed by atoms with E-state index < -0.39 is 10.0 Å². The Morgan fingerprint density at radius 1 is 1.42 bits per heavy atom. The number of nitrogens with two attached hydrogens (primary N) is 1. The van der Waals surface area contributed by atoms with Gasteiger partial charge in [0.2, 0.25) is 10.0 Å². The first-order chi connectivity index (χ1) is 8.96. The molecule has 1 saturated heterocycles. The highest BCUT2D eigenvalue weighted by Crippen LogP contribution is 2.32. The van der Waals surface area contributed by atoms with Gasteiger partial charge in [-0.2, -0.15) is 4.31 Å². The number of piperidine rings is 1. The minimum atomic E-state index is -3.36. The van der Waals surface area contributed by atoms with E-state index in [9.17, 15) is 8.42 Å². The van der Waals surface area contributed by atoms with Gasteiger partial charge in [0.15, 0.2) is 0 Å². The van der Waals surface area contributed by atoms with Crippen LogP contribution < -0.4 is 5.73 Å². The van der Waals surface area contributed by atoms with Crippen molar-refractivity contribution in [1.82, 2.24) is 4.31 Å². The maximum atomic E-state index is 12.8. The monoisotopic (exact) mass is 302 g/mol. The quantitative estimate of drug-likeness (QED) is 0.928. The van der Waals surface area contributed by atoms with Gasteiger partial charge in [0.05, 0.1) is 4.90 Å². The second-order valence-corrected chi connectivity index (χ2v) is 8.44. The van der Waals surface area contributed by atoms with Crippen molar-refractivity contribution >= 4 is 21.4 Å². The van der Waals surface area contributed by atoms with Gasteiger partial charge in [-0.15, -0.1) is 11.3 Å². The maximum Gasteiger partial charge on any atom is 0.244 e. The summed E-state index contributed by atoms with van der Waals surface area (Å²) in [6.45, 7) is 5.00. The molecule has 2 N–H and O–H groups in total. The standard InChI is InChI=1S/C13H22N2O2S2/c1-10-9-13(11(2)18-10)19(16,17)15-8-4-3-5-12(15)6-7-14/h9,12H,3-8,14H2,1-2H3. The lowest BCUT2D eigenvalue weighted by atomic mass is 10.0. The van der Waals surface area contributed by atoms with Gasteiger partial charge in [-0.05, 0) is 45.7 Å². The topological polar surface area (TPSA) is 63.4 Å². The molecule has 1 aliphatic rings. The molecule has 1 aliphatic heterocycles. The largest absolute Gasteiger partial charge is 0.330 e. The third kappa shape index (κ3) is 3.02. The van der Waals surface area contributed by atoms with Crippen LogP contribution in [0.25, 0.3) is 0 Å². The van der Waals surface area contributed by atoms with Crippen molar-refractivity contribution < 1.29 is 8.42 Å². The van der Waals surface area contributed by atoms with E-state index in [4.69, 9.17) is 5.73 Å². The molecule has 2 rings (SSSR count). The van der Waals surface area contributed by atoms with E-state index >= 15 is 0 Å². The Morgan fingerprint density at radius 2 is 2.16 bits per heavy atom. The Balaban J connectivity index is 2.34. The van der Waals surface area contributed by atoms with Crippen LogP contribution >= 0.6 is 11.3 Å². The fraction of sp³-hybridized carbons (Fsp3) is 0.692. The Hall–Kier alpha value is -0.430. The number of thiophene rings is 1. The molecule has 0 radical (unpaired) electrons. The molecule has 4 nitrogen and oxygen atoms in total. The van der Waals surface area contributed by atoms with Gasteiger partial charge < -0.3 is 5.73 Å². The van der Waals surface area contributed by atoms with E-state index in [1.807, 2.05) is 13.8 Å². The van der Waals surface area contributed by atoms with E-state index in [-0.39, 0.29) is 6.04 Å². The predicted octanol–water partition coefficient (Wildman–Crippen LogP) is 2.26. The van der Waals surface area contributed by atoms with Gasteiger partial charge in [0.1, 0.15) is 0 Å². The molecule has 19 heavy (non-hydrogen) atoms. The predicted molar refractivity (Wildman–Crippen MR) is 79.0 cm³/mol. The van der Waals surface area contributed by atoms with Gasteiger partial charge in [-0.3, -0.25) is 0 Å². The van der Waals surface area contributed by atoms with Crippen molar-refractivity contribution in [3.05, 3.63) is 15.8 Å². The molecule has 0 saturated carbocycles. The minimum Gasteiger partial charge on any atom is -0.330 e. The van der Waals surface area contributed by atoms with Crippen LogP contribution in [0, 0.1) is 13.8 Å². The summed E-state index contributed by atoms with van der Waals surface area (Å²) in [5.74, 6) is 0. The number of hydrogen-bond donors (Lipinski definition) is 1. The molecule has 0 amide bonds. The van der Waals surface area contributed by atoms with Crippen molar-refractivity contribution in [1.29, 1.82) is 0 Å². The zero-order valence-electron chi connectivity index (χ0n) is 11.6. The summed E-state index contributed by atoms with van der Waals surface area (Å²) in [7, 11) is -3.36. The van der Waals surface area contributed by atoms with Crippen molar-refractivity contribution in [2.45, 2.75) is 50.5 Å². The molecule has 0 spiro atoms. The molecule has 1 aromatic heterocycles. The second-order valence-electron chi connectivity index (χ2n) is 5.12. The first-order valence-electron chi connectivity index (χ1n) is 6.75. The molecule has 0 bridgehead atoms. The average Bonchev–Trinajstić information content (AvgIpc) is 2.70. The first-order valence-corrected chi connectivity index (χ1v) is 9.01. The minimum absolute atomic E-state index is 0.0726. The van der Waals surface area contributed by atoms with Crippen LogP contribution in [0.1, 0.15) is 35.4 Å². The molecule has 6 heteroatoms. The van der Waals surface area contributed by atoms with Gasteiger partial charge >= 0.3 is 0 Å². The summed E-state index contributed by atoms with van der Waals surface area (Å²) >= 11 is 1.54. The Labute approximate surface area is 119 Å². The summed E-state index contributed by atoms with van der Waals surface area (Å²) in [5.41, 5.74) is 5.62. The van der Waals surface area contributed by atoms with Crippen LogP contribution in [-0.4, -0.2) is 31.9 Å². The molecular weight excluding hydrogens is 280 g/mol. The summed E-state index contributed by atoms with van der Waals surface area (Å²) in [5, 5.41) is 0. The third-order valence-electron chi connectivity index (χ3n) is 3.66. The van der Waals surface area contributed by atoms with Gasteiger partial charge in [-0.1, -0.05) is 6.42 Å². The summed E-state index contributed by atoms with van der Waals surface area (Å²) < 4.78 is 27.3. The molecule has 0 aliphatic carbocycles. The second kappa shape index (κ2) is 5.91. The van der Waals surface area contributed by atoms with E-state index in [0.29, 0.717) is 18.0 Å². The van der Waals surface area contributed by atoms with Gasteiger partial charge in [-0.25, -0.2) is 8.42 Å². The Bertz CT molecular complexity index is 535. The third-order valence-corrected chi connectivity index (χ3v) is 6.83. The SMILES string of the molecule is Cc1cc(S(=O)(=O)N2CCCCC2CCN)c(C)s1. The van der Waals surface area contributed by atoms with Crippen LogP contribution in [0.15, 0.2) is 11.0 Å². The average molecular weight is 302 g/mol. The fourth-order valence-electron chi connectivity index (χ4n) is 2.76. The molecule has 2 heterocycles. The van der Waals surface area contributed by atoms with Crippen molar-refractivity contribution in [3.63, 3.8) is 0 Å². The van der Waals surface area contributed by atoms with Gasteiger partial charge in [0.25, 0.3) is 0 Å². The summed E-state index contributed by atoms with van der Waals surface area (Å²) in [6, 6.07) is 1.87. The molecule has 1 fully saturated rings. The van der Waals surface area contributed by atoms with E-state index in [1.54, 1.807) is 21.7 Å². The lowest BCUT2D eigenvalue weighted by Gasteiger charge is -2.34. The van der Waals surface area contributed by atoms with Crippen molar-refractivity contribution in [3.8, 4) is 0 Å². The normalized spacial score (nSPS) is 21.7. The first kappa shape index (κ1) is 15.0. The highest BCUT2D eigenvalue weighted by molar-refractivity contribution is 7.89. The van der Waals surface area contributed by atoms with Crippen LogP contribution in [0.3, 0.4) is 0 Å². The number of hydrogen-bond acceptors (Lipinski definition) is 4. The van der Waals surface area contributed by atoms with E-state index in [1.165, 1.54) is 0 Å². The maximum absolute atomic E-state index is 12.8. The van der Waals surface area contributed by atoms with Crippen LogP contribution in [0.4, 0.5) is 0 Å². The van der Waals surface area contributed by atoms with Crippen LogP contribution in [0.5, 0.6) is 0 Å². The Morgan fingerprint density at radius 3 is 2.74 bits per heavy atom. The highest BCUT2D eigenvalue weighted by Gasteiger charge is 2.34. The molecular formula is C13H22N2O2S2. The number of rotatable bonds is 4. The zero-order chi connectivity index (χ0) is 14.0. The highest BCUT2D eigenvalue weighted by atomic mass is 32.2. The van der Waals surface area contributed by atoms with Crippen molar-refractivity contribution in [2.75, 3.05) is 13.1 Å². The van der Waals surface area contributed by atoms with E-state index in [0.717, 1.165) is 35.4 Å². The fourth-order valence-corrected chi connectivity index (χ4v) is 6.01. The number of sulfonamides is 1.